The number of nitrogens with two attached hydrogens (primary N) is 4. The first-order chi connectivity index (χ1) is 14.1. The van der Waals surface area contributed by atoms with E-state index in [-0.39, 0.29) is 17.8 Å². The van der Waals surface area contributed by atoms with E-state index < -0.39 is 0 Å². The maximum absolute atomic E-state index is 5.76. The highest BCUT2D eigenvalue weighted by Gasteiger charge is 2.04. The second kappa shape index (κ2) is 12.3. The van der Waals surface area contributed by atoms with Crippen LogP contribution in [0, 0.1) is 0 Å². The lowest BCUT2D eigenvalue weighted by atomic mass is 10.2. The minimum atomic E-state index is 0.102. The molecule has 0 aliphatic heterocycles. The van der Waals surface area contributed by atoms with E-state index in [1.807, 2.05) is 0 Å². The van der Waals surface area contributed by atoms with Crippen molar-refractivity contribution in [2.24, 2.45) is 5.73 Å². The fourth-order valence-electron chi connectivity index (χ4n) is 2.51. The fourth-order valence-corrected chi connectivity index (χ4v) is 2.51. The monoisotopic (exact) mass is 405 g/mol. The van der Waals surface area contributed by atoms with Gasteiger partial charge in [0.2, 0.25) is 35.7 Å². The maximum atomic E-state index is 5.76. The van der Waals surface area contributed by atoms with Gasteiger partial charge in [-0.2, -0.15) is 29.9 Å². The zero-order valence-electron chi connectivity index (χ0n) is 16.6. The summed E-state index contributed by atoms with van der Waals surface area (Å²) in [4.78, 5) is 24.2. The van der Waals surface area contributed by atoms with Crippen molar-refractivity contribution >= 4 is 35.7 Å². The van der Waals surface area contributed by atoms with Crippen molar-refractivity contribution in [3.05, 3.63) is 0 Å². The lowest BCUT2D eigenvalue weighted by Crippen LogP contribution is -2.13. The molecule has 160 valence electrons. The molecule has 0 amide bonds. The van der Waals surface area contributed by atoms with Crippen molar-refractivity contribution < 1.29 is 0 Å². The van der Waals surface area contributed by atoms with E-state index in [9.17, 15) is 0 Å². The van der Waals surface area contributed by atoms with Crippen molar-refractivity contribution in [3.63, 3.8) is 0 Å². The summed E-state index contributed by atoms with van der Waals surface area (Å²) in [7, 11) is 0. The fraction of sp³-hybridized carbons (Fsp3) is 0.625. The molecule has 0 atom stereocenters. The Hall–Kier alpha value is -3.22. The largest absolute Gasteiger partial charge is 0.368 e. The molecule has 11 N–H and O–H groups in total. The number of hydrogen-bond acceptors (Lipinski definition) is 13. The van der Waals surface area contributed by atoms with Gasteiger partial charge in [0.1, 0.15) is 0 Å². The molecule has 0 aliphatic carbocycles. The van der Waals surface area contributed by atoms with Crippen molar-refractivity contribution in [1.82, 2.24) is 29.9 Å². The Labute approximate surface area is 169 Å². The molecule has 0 bridgehead atoms. The quantitative estimate of drug-likeness (QED) is 0.207. The first kappa shape index (κ1) is 22.1. The first-order valence-electron chi connectivity index (χ1n) is 9.77. The Morgan fingerprint density at radius 1 is 0.483 bits per heavy atom. The Bertz CT molecular complexity index is 718. The lowest BCUT2D eigenvalue weighted by molar-refractivity contribution is 0.704. The minimum absolute atomic E-state index is 0.102. The van der Waals surface area contributed by atoms with Crippen LogP contribution in [0.1, 0.15) is 38.5 Å². The predicted molar refractivity (Wildman–Crippen MR) is 115 cm³/mol. The molecular formula is C16H31N13. The van der Waals surface area contributed by atoms with E-state index >= 15 is 0 Å². The van der Waals surface area contributed by atoms with E-state index in [1.165, 1.54) is 0 Å². The van der Waals surface area contributed by atoms with E-state index in [2.05, 4.69) is 45.9 Å². The summed E-state index contributed by atoms with van der Waals surface area (Å²) in [6, 6.07) is 0. The summed E-state index contributed by atoms with van der Waals surface area (Å²) in [5.74, 6) is 1.73. The van der Waals surface area contributed by atoms with Crippen LogP contribution in [0.3, 0.4) is 0 Å². The van der Waals surface area contributed by atoms with Crippen molar-refractivity contribution in [2.75, 3.05) is 59.3 Å². The summed E-state index contributed by atoms with van der Waals surface area (Å²) in [5, 5.41) is 9.41. The highest BCUT2D eigenvalue weighted by atomic mass is 15.2. The number of unbranched alkanes of at least 4 members (excludes halogenated alkanes) is 4. The maximum Gasteiger partial charge on any atom is 0.229 e. The van der Waals surface area contributed by atoms with Gasteiger partial charge in [0.05, 0.1) is 0 Å². The molecule has 13 nitrogen and oxygen atoms in total. The van der Waals surface area contributed by atoms with Gasteiger partial charge >= 0.3 is 0 Å². The second-order valence-electron chi connectivity index (χ2n) is 6.41. The number of hydrogen-bond donors (Lipinski definition) is 7. The van der Waals surface area contributed by atoms with Gasteiger partial charge in [0, 0.05) is 19.6 Å². The van der Waals surface area contributed by atoms with Crippen LogP contribution in [-0.2, 0) is 0 Å². The van der Waals surface area contributed by atoms with E-state index in [0.29, 0.717) is 30.9 Å². The number of nitrogens with one attached hydrogen (secondary N) is 3. The standard InChI is InChI=1S/C16H31N13/c17-7-3-1-4-8-22-15-27-13(20)28-16(29-15)23-10-6-2-5-9-21-14-25-11(18)24-12(19)26-14/h1-10,17H2,(H5,18,19,21,24,25,26)(H4,20,22,23,27,28,29). The van der Waals surface area contributed by atoms with Gasteiger partial charge in [-0.05, 0) is 38.6 Å². The third-order valence-corrected chi connectivity index (χ3v) is 3.91. The molecule has 0 fully saturated rings. The number of aromatic nitrogens is 6. The number of anilines is 6. The molecule has 0 aliphatic rings. The zero-order chi connectivity index (χ0) is 20.9. The van der Waals surface area contributed by atoms with Crippen LogP contribution in [0.25, 0.3) is 0 Å². The topological polar surface area (TPSA) is 218 Å². The highest BCUT2D eigenvalue weighted by Crippen LogP contribution is 2.08. The number of nitrogen functional groups attached to an aromatic ring is 3. The van der Waals surface area contributed by atoms with Crippen molar-refractivity contribution in [1.29, 1.82) is 0 Å². The number of nitrogens with zero attached hydrogens (tertiary/aromatic N) is 6. The molecule has 2 aromatic heterocycles. The molecule has 2 heterocycles. The Balaban J connectivity index is 1.61. The van der Waals surface area contributed by atoms with Crippen LogP contribution >= 0.6 is 0 Å². The van der Waals surface area contributed by atoms with E-state index in [0.717, 1.165) is 51.6 Å². The molecule has 13 heteroatoms. The third-order valence-electron chi connectivity index (χ3n) is 3.91. The minimum Gasteiger partial charge on any atom is -0.368 e. The average molecular weight is 406 g/mol. The third kappa shape index (κ3) is 9.01. The molecule has 0 spiro atoms. The van der Waals surface area contributed by atoms with Gasteiger partial charge in [-0.15, -0.1) is 0 Å². The van der Waals surface area contributed by atoms with E-state index in [1.54, 1.807) is 0 Å². The zero-order valence-corrected chi connectivity index (χ0v) is 16.6. The first-order valence-corrected chi connectivity index (χ1v) is 9.77. The Morgan fingerprint density at radius 2 is 0.862 bits per heavy atom. The lowest BCUT2D eigenvalue weighted by Gasteiger charge is -2.09. The summed E-state index contributed by atoms with van der Waals surface area (Å²) < 4.78 is 0. The van der Waals surface area contributed by atoms with Crippen LogP contribution < -0.4 is 38.9 Å². The SMILES string of the molecule is NCCCCCNc1nc(N)nc(NCCCCCNc2nc(N)nc(N)n2)n1. The van der Waals surface area contributed by atoms with Crippen molar-refractivity contribution in [3.8, 4) is 0 Å². The van der Waals surface area contributed by atoms with Crippen LogP contribution in [0.15, 0.2) is 0 Å². The predicted octanol–water partition coefficient (Wildman–Crippen LogP) is 0.0384. The summed E-state index contributed by atoms with van der Waals surface area (Å²) in [6.07, 6.45) is 5.95. The van der Waals surface area contributed by atoms with Gasteiger partial charge in [0.15, 0.2) is 0 Å². The highest BCUT2D eigenvalue weighted by molar-refractivity contribution is 5.39. The Kier molecular flexibility index (Phi) is 9.35. The molecule has 0 radical (unpaired) electrons. The number of rotatable bonds is 14. The molecule has 0 unspecified atom stereocenters. The summed E-state index contributed by atoms with van der Waals surface area (Å²) in [6.45, 7) is 2.92. The molecule has 29 heavy (non-hydrogen) atoms. The van der Waals surface area contributed by atoms with Gasteiger partial charge < -0.3 is 38.9 Å². The summed E-state index contributed by atoms with van der Waals surface area (Å²) in [5.41, 5.74) is 22.3. The molecular weight excluding hydrogens is 374 g/mol. The summed E-state index contributed by atoms with van der Waals surface area (Å²) >= 11 is 0. The second-order valence-corrected chi connectivity index (χ2v) is 6.41. The average Bonchev–Trinajstić information content (AvgIpc) is 2.66. The van der Waals surface area contributed by atoms with Gasteiger partial charge in [-0.25, -0.2) is 0 Å². The smallest absolute Gasteiger partial charge is 0.229 e. The van der Waals surface area contributed by atoms with Crippen LogP contribution in [0.4, 0.5) is 35.7 Å². The van der Waals surface area contributed by atoms with Crippen LogP contribution in [0.2, 0.25) is 0 Å². The van der Waals surface area contributed by atoms with Gasteiger partial charge in [-0.1, -0.05) is 6.42 Å². The molecule has 2 aromatic rings. The van der Waals surface area contributed by atoms with E-state index in [4.69, 9.17) is 22.9 Å². The van der Waals surface area contributed by atoms with Crippen molar-refractivity contribution in [2.45, 2.75) is 38.5 Å². The van der Waals surface area contributed by atoms with Crippen LogP contribution in [-0.4, -0.2) is 56.1 Å². The van der Waals surface area contributed by atoms with Gasteiger partial charge in [-0.3, -0.25) is 0 Å². The normalized spacial score (nSPS) is 10.7. The molecule has 0 saturated carbocycles. The molecule has 2 rings (SSSR count). The Morgan fingerprint density at radius 3 is 1.31 bits per heavy atom. The van der Waals surface area contributed by atoms with Gasteiger partial charge in [0.25, 0.3) is 0 Å². The molecule has 0 saturated heterocycles. The van der Waals surface area contributed by atoms with Crippen LogP contribution in [0.5, 0.6) is 0 Å². The molecule has 0 aromatic carbocycles.